The van der Waals surface area contributed by atoms with Crippen molar-refractivity contribution in [2.45, 2.75) is 127 Å². The maximum absolute atomic E-state index is 11.6. The summed E-state index contributed by atoms with van der Waals surface area (Å²) in [6.07, 6.45) is 0.565. The first kappa shape index (κ1) is 73.0. The van der Waals surface area contributed by atoms with Gasteiger partial charge < -0.3 is 81.0 Å². The molecule has 83 heavy (non-hydrogen) atoms. The van der Waals surface area contributed by atoms with Crippen LogP contribution in [0.2, 0.25) is 0 Å². The lowest BCUT2D eigenvalue weighted by molar-refractivity contribution is 0.0516. The van der Waals surface area contributed by atoms with Crippen molar-refractivity contribution in [3.05, 3.63) is 251 Å². The quantitative estimate of drug-likeness (QED) is 0.0486. The summed E-state index contributed by atoms with van der Waals surface area (Å²) in [5.74, 6) is 0.595. The van der Waals surface area contributed by atoms with Gasteiger partial charge >= 0.3 is 0 Å². The van der Waals surface area contributed by atoms with Crippen molar-refractivity contribution in [3.8, 4) is 0 Å². The standard InChI is InChI=1S/C21H21NO.C14H15NO.C9H11NO.C8H11NO.2C6H15NO.C4H11NO2/c22-20(16-17-10-4-1-5-11-17)21(23,18-12-6-2-7-13-18)19-14-8-3-9-15-19;15-13(11-7-3-1-4-8-11)14(16)12-9-5-2-6-10-12;10-9-7-4-2-1-3-6(7)5-8(9)11;9-8(6-10)7-4-2-1-3-5-7;1-6(2,3)5(7)4-8;1-5(2)3-6(7)4-8;1-3(7)4(5)2-6/h1-15,20,23H,16,22H2;1-10,13-14,16H,15H2;1-4,8-9,11H,5,10H2;1-5,8,10H,6,9H2;5,8H,4,7H2,1-3H3;5-6,8H,3-4,7H2,1-2H3;3-4,6-7H,2,5H2,1H3/t20-;13-,14+;8-,9+;8-;5-;6-;3-,4-/m1100101/s1. The Balaban J connectivity index is 0.000000347. The molecule has 0 saturated carbocycles. The Labute approximate surface area is 494 Å². The molecule has 0 unspecified atom stereocenters. The minimum atomic E-state index is -1.22. The molecule has 0 aromatic heterocycles. The third-order valence-electron chi connectivity index (χ3n) is 13.8. The maximum atomic E-state index is 11.6. The second kappa shape index (κ2) is 39.5. The van der Waals surface area contributed by atoms with Crippen LogP contribution >= 0.6 is 0 Å². The molecule has 8 rings (SSSR count). The van der Waals surface area contributed by atoms with E-state index in [2.05, 4.69) is 13.8 Å². The highest BCUT2D eigenvalue weighted by Gasteiger charge is 2.38. The molecule has 0 heterocycles. The van der Waals surface area contributed by atoms with Gasteiger partial charge in [-0.1, -0.05) is 241 Å². The van der Waals surface area contributed by atoms with E-state index < -0.39 is 29.9 Å². The molecule has 0 spiro atoms. The van der Waals surface area contributed by atoms with Crippen LogP contribution in [-0.2, 0) is 18.4 Å². The van der Waals surface area contributed by atoms with E-state index in [1.165, 1.54) is 5.56 Å². The van der Waals surface area contributed by atoms with Gasteiger partial charge in [0.1, 0.15) is 5.60 Å². The molecule has 7 aromatic rings. The van der Waals surface area contributed by atoms with Crippen LogP contribution in [0.4, 0.5) is 0 Å². The molecule has 1 aliphatic rings. The van der Waals surface area contributed by atoms with E-state index in [-0.39, 0.29) is 68.2 Å². The predicted molar refractivity (Wildman–Crippen MR) is 338 cm³/mol. The Morgan fingerprint density at radius 2 is 0.904 bits per heavy atom. The first-order valence-corrected chi connectivity index (χ1v) is 28.3. The van der Waals surface area contributed by atoms with Gasteiger partial charge in [0.25, 0.3) is 0 Å². The minimum Gasteiger partial charge on any atom is -0.395 e. The average molecular weight is 1140 g/mol. The summed E-state index contributed by atoms with van der Waals surface area (Å²) in [4.78, 5) is 0. The molecule has 7 aromatic carbocycles. The summed E-state index contributed by atoms with van der Waals surface area (Å²) >= 11 is 0. The van der Waals surface area contributed by atoms with Gasteiger partial charge in [-0.2, -0.15) is 0 Å². The fourth-order valence-electron chi connectivity index (χ4n) is 8.23. The van der Waals surface area contributed by atoms with Crippen LogP contribution in [0, 0.1) is 11.3 Å². The molecule has 15 heteroatoms. The van der Waals surface area contributed by atoms with Gasteiger partial charge in [-0.25, -0.2) is 0 Å². The highest BCUT2D eigenvalue weighted by atomic mass is 16.3. The fourth-order valence-corrected chi connectivity index (χ4v) is 8.23. The maximum Gasteiger partial charge on any atom is 0.130 e. The summed E-state index contributed by atoms with van der Waals surface area (Å²) in [5, 5.41) is 73.5. The Morgan fingerprint density at radius 1 is 0.494 bits per heavy atom. The van der Waals surface area contributed by atoms with Crippen LogP contribution in [0.15, 0.2) is 206 Å². The molecule has 10 atom stereocenters. The second-order valence-corrected chi connectivity index (χ2v) is 22.1. The number of aliphatic hydroxyl groups is 8. The van der Waals surface area contributed by atoms with E-state index in [0.717, 1.165) is 45.4 Å². The molecule has 15 nitrogen and oxygen atoms in total. The zero-order valence-electron chi connectivity index (χ0n) is 49.5. The van der Waals surface area contributed by atoms with E-state index >= 15 is 0 Å². The molecule has 22 N–H and O–H groups in total. The van der Waals surface area contributed by atoms with Crippen LogP contribution in [0.1, 0.15) is 117 Å². The summed E-state index contributed by atoms with van der Waals surface area (Å²) in [6, 6.07) is 64.1. The van der Waals surface area contributed by atoms with Gasteiger partial charge in [-0.05, 0) is 75.6 Å². The molecule has 1 aliphatic carbocycles. The van der Waals surface area contributed by atoms with Gasteiger partial charge in [0, 0.05) is 24.5 Å². The number of fused-ring (bicyclic) bond motifs is 1. The van der Waals surface area contributed by atoms with Crippen molar-refractivity contribution in [2.24, 2.45) is 51.5 Å². The van der Waals surface area contributed by atoms with Gasteiger partial charge in [-0.3, -0.25) is 0 Å². The minimum absolute atomic E-state index is 0.00398. The lowest BCUT2D eigenvalue weighted by Gasteiger charge is -2.35. The van der Waals surface area contributed by atoms with E-state index in [1.54, 1.807) is 6.92 Å². The van der Waals surface area contributed by atoms with Crippen LogP contribution in [0.5, 0.6) is 0 Å². The molecule has 0 radical (unpaired) electrons. The third-order valence-corrected chi connectivity index (χ3v) is 13.8. The smallest absolute Gasteiger partial charge is 0.130 e. The topological polar surface area (TPSA) is 344 Å². The highest BCUT2D eigenvalue weighted by Crippen LogP contribution is 2.34. The summed E-state index contributed by atoms with van der Waals surface area (Å²) in [5.41, 5.74) is 46.5. The van der Waals surface area contributed by atoms with Crippen molar-refractivity contribution in [2.75, 3.05) is 26.4 Å². The third kappa shape index (κ3) is 26.6. The summed E-state index contributed by atoms with van der Waals surface area (Å²) in [7, 11) is 0. The van der Waals surface area contributed by atoms with Crippen LogP contribution in [-0.4, -0.2) is 104 Å². The van der Waals surface area contributed by atoms with Crippen molar-refractivity contribution >= 4 is 0 Å². The number of rotatable bonds is 16. The van der Waals surface area contributed by atoms with Crippen molar-refractivity contribution in [3.63, 3.8) is 0 Å². The largest absolute Gasteiger partial charge is 0.395 e. The Bertz CT molecular complexity index is 2590. The predicted octanol–water partition coefficient (Wildman–Crippen LogP) is 6.59. The number of hydrogen-bond acceptors (Lipinski definition) is 15. The van der Waals surface area contributed by atoms with E-state index in [1.807, 2.05) is 227 Å². The van der Waals surface area contributed by atoms with Gasteiger partial charge in [0.05, 0.1) is 68.9 Å². The molecular formula is C68H99N7O8. The number of hydrogen-bond donors (Lipinski definition) is 15. The number of benzene rings is 7. The SMILES string of the molecule is CC(C)(C)[C@H](N)CO.CC(C)C[C@H](N)CO.C[C@@H](O)[C@H](N)CO.N[C@@H](CO)c1ccccc1.N[C@@H]1c2ccccc2C[C@@H]1O.N[C@H](Cc1ccccc1)C(O)(c1ccccc1)c1ccccc1.N[C@H](c1ccccc1)[C@@H](O)c1ccccc1. The molecule has 0 bridgehead atoms. The zero-order chi connectivity index (χ0) is 62.0. The Hall–Kier alpha value is -6.06. The van der Waals surface area contributed by atoms with Crippen molar-refractivity contribution < 1.29 is 40.9 Å². The highest BCUT2D eigenvalue weighted by molar-refractivity contribution is 5.39. The lowest BCUT2D eigenvalue weighted by atomic mass is 9.78. The molecule has 454 valence electrons. The van der Waals surface area contributed by atoms with Crippen LogP contribution < -0.4 is 40.1 Å². The molecule has 0 amide bonds. The summed E-state index contributed by atoms with van der Waals surface area (Å²) < 4.78 is 0. The Morgan fingerprint density at radius 3 is 1.25 bits per heavy atom. The fraction of sp³-hybridized carbons (Fsp3) is 0.382. The first-order valence-electron chi connectivity index (χ1n) is 28.3. The molecular weight excluding hydrogens is 1040 g/mol. The van der Waals surface area contributed by atoms with Crippen molar-refractivity contribution in [1.29, 1.82) is 0 Å². The van der Waals surface area contributed by atoms with E-state index in [4.69, 9.17) is 65.7 Å². The van der Waals surface area contributed by atoms with Crippen LogP contribution in [0.25, 0.3) is 0 Å². The van der Waals surface area contributed by atoms with E-state index in [9.17, 15) is 15.3 Å². The number of aliphatic hydroxyl groups excluding tert-OH is 7. The first-order chi connectivity index (χ1) is 39.5. The van der Waals surface area contributed by atoms with Crippen molar-refractivity contribution in [1.82, 2.24) is 0 Å². The Kier molecular flexibility index (Phi) is 34.7. The molecule has 0 saturated heterocycles. The number of nitrogens with two attached hydrogens (primary N) is 7. The van der Waals surface area contributed by atoms with Gasteiger partial charge in [-0.15, -0.1) is 0 Å². The van der Waals surface area contributed by atoms with Gasteiger partial charge in [0.2, 0.25) is 0 Å². The normalized spacial score (nSPS) is 16.2. The monoisotopic (exact) mass is 1140 g/mol. The molecule has 0 fully saturated rings. The average Bonchev–Trinajstić information content (AvgIpc) is 3.98. The summed E-state index contributed by atoms with van der Waals surface area (Å²) in [6.45, 7) is 11.8. The zero-order valence-corrected chi connectivity index (χ0v) is 49.5. The molecule has 0 aliphatic heterocycles. The van der Waals surface area contributed by atoms with Gasteiger partial charge in [0.15, 0.2) is 0 Å². The second-order valence-electron chi connectivity index (χ2n) is 22.1. The van der Waals surface area contributed by atoms with Crippen LogP contribution in [0.3, 0.4) is 0 Å². The lowest BCUT2D eigenvalue weighted by Crippen LogP contribution is -2.47. The van der Waals surface area contributed by atoms with E-state index in [0.29, 0.717) is 18.8 Å².